The summed E-state index contributed by atoms with van der Waals surface area (Å²) in [5.41, 5.74) is 1.48. The van der Waals surface area contributed by atoms with Gasteiger partial charge in [0.2, 0.25) is 0 Å². The molecule has 2 aliphatic carbocycles. The first kappa shape index (κ1) is 21.2. The van der Waals surface area contributed by atoms with Gasteiger partial charge < -0.3 is 14.6 Å². The van der Waals surface area contributed by atoms with Crippen molar-refractivity contribution in [3.8, 4) is 5.75 Å². The topological polar surface area (TPSA) is 71.9 Å². The van der Waals surface area contributed by atoms with Gasteiger partial charge >= 0.3 is 5.97 Å². The van der Waals surface area contributed by atoms with Crippen molar-refractivity contribution in [2.24, 2.45) is 0 Å². The first-order valence-corrected chi connectivity index (χ1v) is 12.5. The highest BCUT2D eigenvalue weighted by molar-refractivity contribution is 7.19. The Morgan fingerprint density at radius 3 is 2.81 bits per heavy atom. The second-order valence-electron chi connectivity index (χ2n) is 9.26. The molecular weight excluding hydrogens is 412 g/mol. The third-order valence-electron chi connectivity index (χ3n) is 7.71. The van der Waals surface area contributed by atoms with E-state index in [0.717, 1.165) is 80.8 Å². The fourth-order valence-corrected chi connectivity index (χ4v) is 7.26. The number of rotatable bonds is 6. The predicted molar refractivity (Wildman–Crippen MR) is 121 cm³/mol. The zero-order chi connectivity index (χ0) is 21.4. The van der Waals surface area contributed by atoms with Gasteiger partial charge in [-0.15, -0.1) is 11.3 Å². The molecule has 168 valence electrons. The normalized spacial score (nSPS) is 29.2. The van der Waals surface area contributed by atoms with Gasteiger partial charge in [0, 0.05) is 29.7 Å². The minimum absolute atomic E-state index is 0.0771. The molecule has 6 nitrogen and oxygen atoms in total. The fourth-order valence-electron chi connectivity index (χ4n) is 6.00. The van der Waals surface area contributed by atoms with E-state index in [1.807, 2.05) is 12.3 Å². The molecule has 0 bridgehead atoms. The lowest BCUT2D eigenvalue weighted by atomic mass is 9.77. The molecule has 3 aliphatic rings. The van der Waals surface area contributed by atoms with Crippen LogP contribution in [-0.4, -0.2) is 58.9 Å². The van der Waals surface area contributed by atoms with Crippen LogP contribution in [0.5, 0.6) is 5.75 Å². The smallest absolute Gasteiger partial charge is 0.303 e. The quantitative estimate of drug-likeness (QED) is 0.702. The summed E-state index contributed by atoms with van der Waals surface area (Å²) in [6.45, 7) is 6.09. The molecule has 5 rings (SSSR count). The molecule has 2 aromatic rings. The fraction of sp³-hybridized carbons (Fsp3) is 0.667. The summed E-state index contributed by atoms with van der Waals surface area (Å²) in [4.78, 5) is 20.9. The largest absolute Gasteiger partial charge is 0.490 e. The second-order valence-corrected chi connectivity index (χ2v) is 10.3. The average molecular weight is 445 g/mol. The van der Waals surface area contributed by atoms with E-state index in [4.69, 9.17) is 9.47 Å². The molecule has 1 aliphatic heterocycles. The van der Waals surface area contributed by atoms with Crippen LogP contribution in [0.15, 0.2) is 12.3 Å². The minimum Gasteiger partial charge on any atom is -0.490 e. The number of carbonyl (C=O) groups is 1. The van der Waals surface area contributed by atoms with Crippen molar-refractivity contribution in [1.29, 1.82) is 0 Å². The van der Waals surface area contributed by atoms with Gasteiger partial charge in [0.25, 0.3) is 0 Å². The van der Waals surface area contributed by atoms with Crippen LogP contribution in [0.2, 0.25) is 0 Å². The SMILES string of the molecule is CCC1(N2CCOCC2)CCC(Oc2ccnc3sc4c(c23)[C@@H](CC(=O)O)CC4)CC1. The average Bonchev–Trinajstić information content (AvgIpc) is 3.35. The van der Waals surface area contributed by atoms with Crippen molar-refractivity contribution in [3.63, 3.8) is 0 Å². The standard InChI is InChI=1S/C24H32N2O4S/c1-2-24(26-11-13-29-14-12-26)8-5-17(6-9-24)30-18-7-10-25-23-22(18)21-16(15-20(27)28)3-4-19(21)31-23/h7,10,16-17H,2-6,8-9,11-15H2,1H3,(H,27,28)/t16-,17?,24?/m1/s1. The first-order valence-electron chi connectivity index (χ1n) is 11.7. The number of hydrogen-bond donors (Lipinski definition) is 1. The molecule has 2 aromatic heterocycles. The molecule has 0 unspecified atom stereocenters. The van der Waals surface area contributed by atoms with Gasteiger partial charge in [-0.3, -0.25) is 9.69 Å². The van der Waals surface area contributed by atoms with Crippen molar-refractivity contribution < 1.29 is 19.4 Å². The zero-order valence-electron chi connectivity index (χ0n) is 18.3. The monoisotopic (exact) mass is 444 g/mol. The molecule has 31 heavy (non-hydrogen) atoms. The number of aliphatic carboxylic acids is 1. The number of morpholine rings is 1. The summed E-state index contributed by atoms with van der Waals surface area (Å²) in [6, 6.07) is 1.98. The summed E-state index contributed by atoms with van der Waals surface area (Å²) >= 11 is 1.71. The van der Waals surface area contributed by atoms with Crippen molar-refractivity contribution in [3.05, 3.63) is 22.7 Å². The van der Waals surface area contributed by atoms with Crippen LogP contribution < -0.4 is 4.74 Å². The number of thiophene rings is 1. The summed E-state index contributed by atoms with van der Waals surface area (Å²) in [6.07, 6.45) is 9.71. The highest BCUT2D eigenvalue weighted by Gasteiger charge is 2.40. The summed E-state index contributed by atoms with van der Waals surface area (Å²) in [5.74, 6) is 0.253. The third kappa shape index (κ3) is 3.96. The van der Waals surface area contributed by atoms with E-state index >= 15 is 0 Å². The van der Waals surface area contributed by atoms with Gasteiger partial charge in [-0.05, 0) is 62.5 Å². The number of aromatic nitrogens is 1. The Labute approximate surface area is 187 Å². The molecule has 1 saturated heterocycles. The zero-order valence-corrected chi connectivity index (χ0v) is 19.1. The van der Waals surface area contributed by atoms with E-state index < -0.39 is 5.97 Å². The van der Waals surface area contributed by atoms with Crippen molar-refractivity contribution in [1.82, 2.24) is 9.88 Å². The molecule has 1 saturated carbocycles. The number of carboxylic acids is 1. The predicted octanol–water partition coefficient (Wildman–Crippen LogP) is 4.60. The van der Waals surface area contributed by atoms with Crippen LogP contribution in [0.25, 0.3) is 10.2 Å². The Morgan fingerprint density at radius 1 is 1.32 bits per heavy atom. The van der Waals surface area contributed by atoms with Crippen LogP contribution in [0.1, 0.15) is 68.2 Å². The molecule has 3 heterocycles. The molecule has 2 fully saturated rings. The van der Waals surface area contributed by atoms with Gasteiger partial charge in [-0.25, -0.2) is 4.98 Å². The highest BCUT2D eigenvalue weighted by atomic mass is 32.1. The molecule has 0 aromatic carbocycles. The number of nitrogens with zero attached hydrogens (tertiary/aromatic N) is 2. The van der Waals surface area contributed by atoms with Gasteiger partial charge in [0.05, 0.1) is 31.1 Å². The maximum Gasteiger partial charge on any atom is 0.303 e. The Morgan fingerprint density at radius 2 is 2.10 bits per heavy atom. The third-order valence-corrected chi connectivity index (χ3v) is 8.89. The molecule has 7 heteroatoms. The van der Waals surface area contributed by atoms with E-state index in [-0.39, 0.29) is 24.0 Å². The Hall–Kier alpha value is -1.70. The Kier molecular flexibility index (Phi) is 5.92. The molecule has 1 N–H and O–H groups in total. The van der Waals surface area contributed by atoms with Gasteiger partial charge in [0.15, 0.2) is 0 Å². The maximum absolute atomic E-state index is 11.4. The van der Waals surface area contributed by atoms with Crippen LogP contribution >= 0.6 is 11.3 Å². The number of pyridine rings is 1. The lowest BCUT2D eigenvalue weighted by Gasteiger charge is -2.49. The lowest BCUT2D eigenvalue weighted by molar-refractivity contribution is -0.137. The highest BCUT2D eigenvalue weighted by Crippen LogP contribution is 2.48. The van der Waals surface area contributed by atoms with E-state index in [2.05, 4.69) is 16.8 Å². The van der Waals surface area contributed by atoms with E-state index in [1.165, 1.54) is 16.9 Å². The lowest BCUT2D eigenvalue weighted by Crippen LogP contribution is -2.55. The Bertz CT molecular complexity index is 944. The number of fused-ring (bicyclic) bond motifs is 3. The molecule has 0 spiro atoms. The van der Waals surface area contributed by atoms with Crippen LogP contribution in [0.4, 0.5) is 0 Å². The van der Waals surface area contributed by atoms with E-state index in [1.54, 1.807) is 11.3 Å². The number of hydrogen-bond acceptors (Lipinski definition) is 6. The number of ether oxygens (including phenoxy) is 2. The molecular formula is C24H32N2O4S. The Balaban J connectivity index is 1.34. The van der Waals surface area contributed by atoms with Crippen molar-refractivity contribution >= 4 is 27.5 Å². The first-order chi connectivity index (χ1) is 15.1. The minimum atomic E-state index is -0.727. The summed E-state index contributed by atoms with van der Waals surface area (Å²) in [5, 5.41) is 10.4. The number of aryl methyl sites for hydroxylation is 1. The molecule has 0 radical (unpaired) electrons. The van der Waals surface area contributed by atoms with Gasteiger partial charge in [0.1, 0.15) is 10.6 Å². The summed E-state index contributed by atoms with van der Waals surface area (Å²) < 4.78 is 12.2. The van der Waals surface area contributed by atoms with E-state index in [9.17, 15) is 9.90 Å². The van der Waals surface area contributed by atoms with Crippen molar-refractivity contribution in [2.45, 2.75) is 75.9 Å². The van der Waals surface area contributed by atoms with Crippen LogP contribution in [0.3, 0.4) is 0 Å². The second kappa shape index (κ2) is 8.68. The van der Waals surface area contributed by atoms with E-state index in [0.29, 0.717) is 0 Å². The molecule has 1 atom stereocenters. The number of carboxylic acid groups (broad SMARTS) is 1. The van der Waals surface area contributed by atoms with Crippen molar-refractivity contribution in [2.75, 3.05) is 26.3 Å². The van der Waals surface area contributed by atoms with Crippen LogP contribution in [-0.2, 0) is 16.0 Å². The van der Waals surface area contributed by atoms with Gasteiger partial charge in [-0.2, -0.15) is 0 Å². The van der Waals surface area contributed by atoms with Gasteiger partial charge in [-0.1, -0.05) is 6.92 Å². The van der Waals surface area contributed by atoms with Crippen LogP contribution in [0, 0.1) is 0 Å². The summed E-state index contributed by atoms with van der Waals surface area (Å²) in [7, 11) is 0. The maximum atomic E-state index is 11.4. The molecule has 0 amide bonds.